The largest absolute Gasteiger partial charge is 0.394 e. The number of aliphatic hydroxyl groups is 8. The van der Waals surface area contributed by atoms with Crippen molar-refractivity contribution in [2.24, 2.45) is 0 Å². The molecule has 0 saturated carbocycles. The Bertz CT molecular complexity index is 1360. The number of allylic oxidation sites excluding steroid dienone is 2. The van der Waals surface area contributed by atoms with Crippen LogP contribution in [0.5, 0.6) is 0 Å². The van der Waals surface area contributed by atoms with Crippen LogP contribution in [-0.2, 0) is 23.7 Å². The van der Waals surface area contributed by atoms with Crippen molar-refractivity contribution in [1.82, 2.24) is 5.32 Å². The topological polar surface area (TPSA) is 228 Å². The average molecular weight is 1110 g/mol. The second-order valence-corrected chi connectivity index (χ2v) is 23.6. The molecule has 9 N–H and O–H groups in total. The van der Waals surface area contributed by atoms with Gasteiger partial charge in [-0.3, -0.25) is 4.79 Å². The molecular formula is C64H123NO13. The van der Waals surface area contributed by atoms with Crippen LogP contribution >= 0.6 is 0 Å². The van der Waals surface area contributed by atoms with E-state index < -0.39 is 86.8 Å². The van der Waals surface area contributed by atoms with Crippen molar-refractivity contribution in [2.45, 2.75) is 370 Å². The Labute approximate surface area is 476 Å². The van der Waals surface area contributed by atoms with Gasteiger partial charge in [-0.2, -0.15) is 0 Å². The summed E-state index contributed by atoms with van der Waals surface area (Å²) in [4.78, 5) is 13.3. The number of rotatable bonds is 54. The van der Waals surface area contributed by atoms with Crippen molar-refractivity contribution in [3.63, 3.8) is 0 Å². The van der Waals surface area contributed by atoms with E-state index in [1.165, 1.54) is 218 Å². The van der Waals surface area contributed by atoms with E-state index >= 15 is 0 Å². The normalized spacial score (nSPS) is 24.5. The first kappa shape index (κ1) is 72.8. The number of amides is 1. The Morgan fingerprint density at radius 1 is 0.449 bits per heavy atom. The average Bonchev–Trinajstić information content (AvgIpc) is 3.47. The van der Waals surface area contributed by atoms with Gasteiger partial charge in [-0.25, -0.2) is 0 Å². The minimum Gasteiger partial charge on any atom is -0.394 e. The van der Waals surface area contributed by atoms with Crippen LogP contribution in [0.4, 0.5) is 0 Å². The Balaban J connectivity index is 1.65. The molecule has 2 rings (SSSR count). The van der Waals surface area contributed by atoms with E-state index in [1.54, 1.807) is 0 Å². The predicted molar refractivity (Wildman–Crippen MR) is 314 cm³/mol. The van der Waals surface area contributed by atoms with Gasteiger partial charge in [-0.15, -0.1) is 0 Å². The molecule has 0 aromatic heterocycles. The molecule has 2 saturated heterocycles. The van der Waals surface area contributed by atoms with Gasteiger partial charge in [0.25, 0.3) is 0 Å². The lowest BCUT2D eigenvalue weighted by molar-refractivity contribution is -0.359. The van der Waals surface area contributed by atoms with E-state index in [0.717, 1.165) is 51.4 Å². The number of aliphatic hydroxyl groups excluding tert-OH is 8. The Kier molecular flexibility index (Phi) is 46.9. The second-order valence-electron chi connectivity index (χ2n) is 23.6. The zero-order valence-corrected chi connectivity index (χ0v) is 49.9. The highest BCUT2D eigenvalue weighted by Gasteiger charge is 2.51. The molecule has 12 atom stereocenters. The molecule has 2 aliphatic rings. The van der Waals surface area contributed by atoms with E-state index in [0.29, 0.717) is 12.8 Å². The summed E-state index contributed by atoms with van der Waals surface area (Å²) in [5.74, 6) is -0.201. The van der Waals surface area contributed by atoms with Gasteiger partial charge < -0.3 is 65.1 Å². The first-order chi connectivity index (χ1) is 38.1. The second kappa shape index (κ2) is 50.3. The molecule has 2 aliphatic heterocycles. The molecule has 1 amide bonds. The van der Waals surface area contributed by atoms with Crippen LogP contribution in [0.25, 0.3) is 0 Å². The molecule has 462 valence electrons. The van der Waals surface area contributed by atoms with Crippen molar-refractivity contribution >= 4 is 5.91 Å². The van der Waals surface area contributed by atoms with Crippen molar-refractivity contribution in [3.05, 3.63) is 12.2 Å². The van der Waals surface area contributed by atoms with Crippen molar-refractivity contribution in [1.29, 1.82) is 0 Å². The minimum atomic E-state index is -1.78. The summed E-state index contributed by atoms with van der Waals surface area (Å²) in [6.45, 7) is 2.90. The maximum absolute atomic E-state index is 13.3. The van der Waals surface area contributed by atoms with Gasteiger partial charge in [0, 0.05) is 6.42 Å². The molecule has 14 nitrogen and oxygen atoms in total. The van der Waals surface area contributed by atoms with Gasteiger partial charge in [-0.1, -0.05) is 264 Å². The van der Waals surface area contributed by atoms with Crippen LogP contribution in [0.2, 0.25) is 0 Å². The van der Waals surface area contributed by atoms with Crippen LogP contribution in [-0.4, -0.2) is 140 Å². The number of nitrogens with one attached hydrogen (secondary N) is 1. The fourth-order valence-electron chi connectivity index (χ4n) is 11.2. The number of hydrogen-bond donors (Lipinski definition) is 9. The van der Waals surface area contributed by atoms with Crippen molar-refractivity contribution < 1.29 is 64.6 Å². The number of ether oxygens (including phenoxy) is 4. The van der Waals surface area contributed by atoms with E-state index in [1.807, 2.05) is 0 Å². The Hall–Kier alpha value is -1.27. The molecule has 14 heteroatoms. The van der Waals surface area contributed by atoms with Crippen LogP contribution in [0.1, 0.15) is 296 Å². The number of unbranched alkanes of at least 4 members (excludes halogenated alkanes) is 39. The quantitative estimate of drug-likeness (QED) is 0.0204. The van der Waals surface area contributed by atoms with Gasteiger partial charge in [0.05, 0.1) is 32.0 Å². The van der Waals surface area contributed by atoms with E-state index in [9.17, 15) is 45.6 Å². The molecule has 12 unspecified atom stereocenters. The summed E-state index contributed by atoms with van der Waals surface area (Å²) < 4.78 is 22.9. The summed E-state index contributed by atoms with van der Waals surface area (Å²) in [7, 11) is 0. The van der Waals surface area contributed by atoms with Gasteiger partial charge in [-0.05, 0) is 38.5 Å². The SMILES string of the molecule is CCCCCCCCCC/C=C\CCCCCCCCCCCCCCCCCCCC(=O)NC(COC1OC(CO)C(OC2OC(CO)C(O)C(O)C2O)C(O)C1O)C(O)CCCCCCCCCCCCCCCCC. The lowest BCUT2D eigenvalue weighted by Gasteiger charge is -2.46. The molecule has 78 heavy (non-hydrogen) atoms. The lowest BCUT2D eigenvalue weighted by atomic mass is 9.97. The zero-order valence-electron chi connectivity index (χ0n) is 49.9. The maximum Gasteiger partial charge on any atom is 0.220 e. The Morgan fingerprint density at radius 2 is 0.808 bits per heavy atom. The van der Waals surface area contributed by atoms with Crippen molar-refractivity contribution in [3.8, 4) is 0 Å². The first-order valence-electron chi connectivity index (χ1n) is 32.9. The van der Waals surface area contributed by atoms with Gasteiger partial charge >= 0.3 is 0 Å². The summed E-state index contributed by atoms with van der Waals surface area (Å²) >= 11 is 0. The third-order valence-corrected chi connectivity index (χ3v) is 16.5. The summed E-state index contributed by atoms with van der Waals surface area (Å²) in [6.07, 6.45) is 42.3. The monoisotopic (exact) mass is 1110 g/mol. The fraction of sp³-hybridized carbons (Fsp3) is 0.953. The van der Waals surface area contributed by atoms with E-state index in [2.05, 4.69) is 31.3 Å². The highest BCUT2D eigenvalue weighted by molar-refractivity contribution is 5.76. The van der Waals surface area contributed by atoms with Crippen LogP contribution in [0, 0.1) is 0 Å². The fourth-order valence-corrected chi connectivity index (χ4v) is 11.2. The minimum absolute atomic E-state index is 0.201. The number of carbonyl (C=O) groups excluding carboxylic acids is 1. The van der Waals surface area contributed by atoms with Gasteiger partial charge in [0.1, 0.15) is 48.8 Å². The third-order valence-electron chi connectivity index (χ3n) is 16.5. The molecule has 0 bridgehead atoms. The molecule has 2 heterocycles. The molecular weight excluding hydrogens is 991 g/mol. The molecule has 0 aromatic carbocycles. The van der Waals surface area contributed by atoms with E-state index in [-0.39, 0.29) is 12.5 Å². The summed E-state index contributed by atoms with van der Waals surface area (Å²) in [5, 5.41) is 87.4. The van der Waals surface area contributed by atoms with E-state index in [4.69, 9.17) is 18.9 Å². The number of carbonyl (C=O) groups is 1. The molecule has 2 fully saturated rings. The molecule has 0 aromatic rings. The van der Waals surface area contributed by atoms with Crippen LogP contribution in [0.15, 0.2) is 12.2 Å². The third kappa shape index (κ3) is 35.0. The Morgan fingerprint density at radius 3 is 1.22 bits per heavy atom. The van der Waals surface area contributed by atoms with Crippen LogP contribution in [0.3, 0.4) is 0 Å². The maximum atomic E-state index is 13.3. The van der Waals surface area contributed by atoms with Crippen molar-refractivity contribution in [2.75, 3.05) is 19.8 Å². The standard InChI is InChI=1S/C64H123NO13/c1-3-5-7-9-11-13-15-17-19-20-21-22-23-24-25-26-27-28-29-30-31-32-34-36-38-40-42-44-46-48-56(69)65-52(53(68)47-45-43-41-39-37-35-33-18-16-14-12-10-8-6-4-2)51-75-63-61(74)59(72)62(55(50-67)77-63)78-64-60(73)58(71)57(70)54(49-66)76-64/h20-21,52-55,57-64,66-68,70-74H,3-19,22-51H2,1-2H3,(H,65,69)/b21-20-. The predicted octanol–water partition coefficient (Wildman–Crippen LogP) is 12.2. The smallest absolute Gasteiger partial charge is 0.220 e. The molecule has 0 spiro atoms. The first-order valence-corrected chi connectivity index (χ1v) is 32.9. The number of hydrogen-bond acceptors (Lipinski definition) is 13. The molecule has 0 aliphatic carbocycles. The zero-order chi connectivity index (χ0) is 56.7. The van der Waals surface area contributed by atoms with Gasteiger partial charge in [0.2, 0.25) is 5.91 Å². The van der Waals surface area contributed by atoms with Crippen LogP contribution < -0.4 is 5.32 Å². The highest BCUT2D eigenvalue weighted by Crippen LogP contribution is 2.30. The lowest BCUT2D eigenvalue weighted by Crippen LogP contribution is -2.65. The molecule has 0 radical (unpaired) electrons. The summed E-state index contributed by atoms with van der Waals surface area (Å²) in [6, 6.07) is -0.825. The van der Waals surface area contributed by atoms with Gasteiger partial charge in [0.15, 0.2) is 12.6 Å². The highest BCUT2D eigenvalue weighted by atomic mass is 16.7. The summed E-state index contributed by atoms with van der Waals surface area (Å²) in [5.41, 5.74) is 0.